The van der Waals surface area contributed by atoms with Gasteiger partial charge in [-0.25, -0.2) is 9.18 Å². The molecule has 0 unspecified atom stereocenters. The maximum absolute atomic E-state index is 13.8. The molecule has 1 N–H and O–H groups in total. The molecule has 2 aromatic rings. The lowest BCUT2D eigenvalue weighted by molar-refractivity contribution is 0.198. The van der Waals surface area contributed by atoms with E-state index in [0.29, 0.717) is 31.9 Å². The minimum absolute atomic E-state index is 0.129. The van der Waals surface area contributed by atoms with E-state index in [2.05, 4.69) is 5.32 Å². The SMILES string of the molecule is O=C(N/C=C/c1ccccc1)N1CCN(c2ccccc2F)CC1. The van der Waals surface area contributed by atoms with Crippen LogP contribution in [0.15, 0.2) is 60.8 Å². The highest BCUT2D eigenvalue weighted by Gasteiger charge is 2.21. The van der Waals surface area contributed by atoms with E-state index in [1.54, 1.807) is 23.2 Å². The molecule has 1 aliphatic heterocycles. The molecular weight excluding hydrogens is 305 g/mol. The number of para-hydroxylation sites is 1. The third-order valence-corrected chi connectivity index (χ3v) is 4.04. The molecule has 1 saturated heterocycles. The first-order valence-electron chi connectivity index (χ1n) is 8.00. The van der Waals surface area contributed by atoms with E-state index < -0.39 is 0 Å². The maximum atomic E-state index is 13.8. The summed E-state index contributed by atoms with van der Waals surface area (Å²) < 4.78 is 13.8. The molecule has 0 aromatic heterocycles. The first-order chi connectivity index (χ1) is 11.7. The van der Waals surface area contributed by atoms with E-state index in [9.17, 15) is 9.18 Å². The van der Waals surface area contributed by atoms with Crippen molar-refractivity contribution < 1.29 is 9.18 Å². The zero-order valence-corrected chi connectivity index (χ0v) is 13.4. The summed E-state index contributed by atoms with van der Waals surface area (Å²) in [6, 6.07) is 16.4. The molecule has 4 nitrogen and oxygen atoms in total. The molecule has 0 bridgehead atoms. The summed E-state index contributed by atoms with van der Waals surface area (Å²) in [5.41, 5.74) is 1.63. The van der Waals surface area contributed by atoms with Gasteiger partial charge in [-0.3, -0.25) is 0 Å². The van der Waals surface area contributed by atoms with Gasteiger partial charge in [0.05, 0.1) is 5.69 Å². The molecule has 24 heavy (non-hydrogen) atoms. The number of anilines is 1. The van der Waals surface area contributed by atoms with Crippen LogP contribution < -0.4 is 10.2 Å². The second kappa shape index (κ2) is 7.64. The summed E-state index contributed by atoms with van der Waals surface area (Å²) in [5, 5.41) is 2.78. The molecule has 1 heterocycles. The van der Waals surface area contributed by atoms with Crippen molar-refractivity contribution >= 4 is 17.8 Å². The van der Waals surface area contributed by atoms with Crippen molar-refractivity contribution in [2.45, 2.75) is 0 Å². The van der Waals surface area contributed by atoms with Crippen LogP contribution in [0.3, 0.4) is 0 Å². The van der Waals surface area contributed by atoms with E-state index in [-0.39, 0.29) is 11.8 Å². The number of urea groups is 1. The Labute approximate surface area is 141 Å². The van der Waals surface area contributed by atoms with Crippen molar-refractivity contribution in [3.63, 3.8) is 0 Å². The lowest BCUT2D eigenvalue weighted by Gasteiger charge is -2.35. The first kappa shape index (κ1) is 16.1. The number of nitrogens with zero attached hydrogens (tertiary/aromatic N) is 2. The molecule has 0 spiro atoms. The minimum atomic E-state index is -0.221. The van der Waals surface area contributed by atoms with Gasteiger partial charge in [-0.2, -0.15) is 0 Å². The van der Waals surface area contributed by atoms with Crippen LogP contribution in [0.1, 0.15) is 5.56 Å². The highest BCUT2D eigenvalue weighted by atomic mass is 19.1. The van der Waals surface area contributed by atoms with E-state index in [4.69, 9.17) is 0 Å². The lowest BCUT2D eigenvalue weighted by Crippen LogP contribution is -2.51. The predicted octanol–water partition coefficient (Wildman–Crippen LogP) is 3.33. The van der Waals surface area contributed by atoms with Crippen LogP contribution in [-0.4, -0.2) is 37.1 Å². The Kier molecular flexibility index (Phi) is 5.11. The van der Waals surface area contributed by atoms with E-state index in [1.807, 2.05) is 47.4 Å². The number of rotatable bonds is 3. The average Bonchev–Trinajstić information content (AvgIpc) is 2.63. The average molecular weight is 325 g/mol. The van der Waals surface area contributed by atoms with Gasteiger partial charge in [0.25, 0.3) is 0 Å². The second-order valence-electron chi connectivity index (χ2n) is 5.62. The van der Waals surface area contributed by atoms with Crippen molar-refractivity contribution in [1.82, 2.24) is 10.2 Å². The molecule has 1 aliphatic rings. The van der Waals surface area contributed by atoms with Crippen molar-refractivity contribution in [2.24, 2.45) is 0 Å². The number of carbonyl (C=O) groups is 1. The largest absolute Gasteiger partial charge is 0.366 e. The Morgan fingerprint density at radius 1 is 0.958 bits per heavy atom. The highest BCUT2D eigenvalue weighted by molar-refractivity contribution is 5.76. The number of piperazine rings is 1. The number of benzene rings is 2. The van der Waals surface area contributed by atoms with Crippen LogP contribution in [0.25, 0.3) is 6.08 Å². The summed E-state index contributed by atoms with van der Waals surface area (Å²) in [6.07, 6.45) is 3.51. The third-order valence-electron chi connectivity index (χ3n) is 4.04. The van der Waals surface area contributed by atoms with Crippen LogP contribution in [-0.2, 0) is 0 Å². The van der Waals surface area contributed by atoms with Gasteiger partial charge in [0.2, 0.25) is 0 Å². The molecule has 0 aliphatic carbocycles. The first-order valence-corrected chi connectivity index (χ1v) is 8.00. The zero-order chi connectivity index (χ0) is 16.8. The van der Waals surface area contributed by atoms with Gasteiger partial charge >= 0.3 is 6.03 Å². The predicted molar refractivity (Wildman–Crippen MR) is 94.2 cm³/mol. The van der Waals surface area contributed by atoms with E-state index in [1.165, 1.54) is 6.07 Å². The Morgan fingerprint density at radius 3 is 2.33 bits per heavy atom. The second-order valence-corrected chi connectivity index (χ2v) is 5.62. The van der Waals surface area contributed by atoms with Gasteiger partial charge in [-0.05, 0) is 23.8 Å². The molecule has 2 aromatic carbocycles. The van der Waals surface area contributed by atoms with Gasteiger partial charge in [0.1, 0.15) is 5.82 Å². The van der Waals surface area contributed by atoms with Crippen LogP contribution in [0.5, 0.6) is 0 Å². The number of amides is 2. The van der Waals surface area contributed by atoms with Crippen molar-refractivity contribution in [3.05, 3.63) is 72.2 Å². The molecule has 0 atom stereocenters. The summed E-state index contributed by atoms with van der Waals surface area (Å²) in [5.74, 6) is -0.221. The fourth-order valence-corrected chi connectivity index (χ4v) is 2.72. The van der Waals surface area contributed by atoms with Crippen molar-refractivity contribution in [2.75, 3.05) is 31.1 Å². The number of hydrogen-bond donors (Lipinski definition) is 1. The van der Waals surface area contributed by atoms with Crippen LogP contribution >= 0.6 is 0 Å². The Morgan fingerprint density at radius 2 is 1.62 bits per heavy atom. The fourth-order valence-electron chi connectivity index (χ4n) is 2.72. The molecule has 2 amide bonds. The smallest absolute Gasteiger partial charge is 0.321 e. The minimum Gasteiger partial charge on any atom is -0.366 e. The van der Waals surface area contributed by atoms with E-state index in [0.717, 1.165) is 5.56 Å². The lowest BCUT2D eigenvalue weighted by atomic mass is 10.2. The number of hydrogen-bond acceptors (Lipinski definition) is 2. The van der Waals surface area contributed by atoms with Crippen LogP contribution in [0.4, 0.5) is 14.9 Å². The van der Waals surface area contributed by atoms with Gasteiger partial charge in [-0.1, -0.05) is 42.5 Å². The quantitative estimate of drug-likeness (QED) is 0.939. The zero-order valence-electron chi connectivity index (χ0n) is 13.4. The number of nitrogens with one attached hydrogen (secondary N) is 1. The number of carbonyl (C=O) groups excluding carboxylic acids is 1. The molecule has 1 fully saturated rings. The van der Waals surface area contributed by atoms with Gasteiger partial charge in [0, 0.05) is 32.4 Å². The molecule has 3 rings (SSSR count). The summed E-state index contributed by atoms with van der Waals surface area (Å²) in [4.78, 5) is 15.9. The fraction of sp³-hybridized carbons (Fsp3) is 0.211. The molecular formula is C19H20FN3O. The normalized spacial score (nSPS) is 14.9. The van der Waals surface area contributed by atoms with Gasteiger partial charge in [0.15, 0.2) is 0 Å². The highest BCUT2D eigenvalue weighted by Crippen LogP contribution is 2.20. The molecule has 5 heteroatoms. The summed E-state index contributed by atoms with van der Waals surface area (Å²) in [6.45, 7) is 2.38. The standard InChI is InChI=1S/C19H20FN3O/c20-17-8-4-5-9-18(17)22-12-14-23(15-13-22)19(24)21-11-10-16-6-2-1-3-7-16/h1-11H,12-15H2,(H,21,24)/b11-10+. The Bertz CT molecular complexity index is 710. The third kappa shape index (κ3) is 3.93. The monoisotopic (exact) mass is 325 g/mol. The van der Waals surface area contributed by atoms with E-state index >= 15 is 0 Å². The number of halogens is 1. The molecule has 124 valence electrons. The molecule has 0 radical (unpaired) electrons. The summed E-state index contributed by atoms with van der Waals surface area (Å²) >= 11 is 0. The van der Waals surface area contributed by atoms with Crippen molar-refractivity contribution in [1.29, 1.82) is 0 Å². The Balaban J connectivity index is 1.50. The van der Waals surface area contributed by atoms with Gasteiger partial charge in [-0.15, -0.1) is 0 Å². The van der Waals surface area contributed by atoms with Crippen LogP contribution in [0.2, 0.25) is 0 Å². The maximum Gasteiger partial charge on any atom is 0.321 e. The summed E-state index contributed by atoms with van der Waals surface area (Å²) in [7, 11) is 0. The molecule has 0 saturated carbocycles. The van der Waals surface area contributed by atoms with Crippen molar-refractivity contribution in [3.8, 4) is 0 Å². The van der Waals surface area contributed by atoms with Gasteiger partial charge < -0.3 is 15.1 Å². The van der Waals surface area contributed by atoms with Crippen LogP contribution in [0, 0.1) is 5.82 Å². The topological polar surface area (TPSA) is 35.6 Å². The Hall–Kier alpha value is -2.82.